The Kier molecular flexibility index (Phi) is 19.9. The van der Waals surface area contributed by atoms with E-state index < -0.39 is 19.7 Å². The predicted octanol–water partition coefficient (Wildman–Crippen LogP) is 9.76. The van der Waals surface area contributed by atoms with Crippen molar-refractivity contribution in [1.29, 1.82) is 0 Å². The average Bonchev–Trinajstić information content (AvgIpc) is 4.30. The van der Waals surface area contributed by atoms with Crippen LogP contribution in [0, 0.1) is 40.5 Å². The molecule has 33 heteroatoms. The topological polar surface area (TPSA) is 418 Å². The molecule has 10 rings (SSSR count). The van der Waals surface area contributed by atoms with Crippen LogP contribution in [0.5, 0.6) is 5.75 Å². The highest BCUT2D eigenvalue weighted by Gasteiger charge is 2.23. The van der Waals surface area contributed by atoms with E-state index in [4.69, 9.17) is 10.2 Å². The maximum atomic E-state index is 10.9. The van der Waals surface area contributed by atoms with Crippen molar-refractivity contribution in [1.82, 2.24) is 51.2 Å². The largest absolute Gasteiger partial charge is 0.508 e. The molecule has 0 spiro atoms. The van der Waals surface area contributed by atoms with E-state index in [1.807, 2.05) is 0 Å². The smallest absolute Gasteiger partial charge is 0.300 e. The summed E-state index contributed by atoms with van der Waals surface area (Å²) in [5.41, 5.74) is 1.72. The first kappa shape index (κ1) is 55.4. The average molecular weight is 1120 g/mol. The van der Waals surface area contributed by atoms with Gasteiger partial charge in [-0.3, -0.25) is 40.5 Å². The highest BCUT2D eigenvalue weighted by molar-refractivity contribution is 8.00. The fraction of sp³-hybridized carbons (Fsp3) is 0.233. The number of H-pyrrole nitrogens is 1. The van der Waals surface area contributed by atoms with Gasteiger partial charge in [-0.05, 0) is 139 Å². The van der Waals surface area contributed by atoms with Crippen molar-refractivity contribution in [2.75, 3.05) is 24.7 Å². The SMILES string of the molecule is O=[N+]([O-])c1ccc(SCCCCCCO)c2nonc12.O=[N+]([O-])c1ccc(SCCCCO)c2nonc12.O=[N+]([O-])c1ccc(Sc2ccc(O)cc2)c2nonc12.O=[N+]([O-])c1ccc(Sc2ncc[nH]2)c2nonc12. The van der Waals surface area contributed by atoms with E-state index in [2.05, 4.69) is 69.7 Å². The van der Waals surface area contributed by atoms with E-state index >= 15 is 0 Å². The van der Waals surface area contributed by atoms with Crippen molar-refractivity contribution < 1.29 is 53.5 Å². The standard InChI is InChI=1S/C12H7N3O4S.C12H15N3O4S.C10H11N3O4S.C9H5N5O3S/c16-7-1-3-8(4-2-7)20-10-6-5-9(15(17)18)11-12(10)14-19-13-11;16-7-3-1-2-4-8-20-10-6-5-9(15(17)18)11-12(10)14-19-13-11;14-5-1-2-6-18-8-4-3-7(13(15)16)9-10(8)12-17-11-9;15-14(16)5-1-2-6(8-7(5)12-17-13-8)18-9-10-3-4-11-9/h1-6,16H;5-6,16H,1-4,7-8H2;3-4,14H,1-2,5-6H2;1-4H,(H,10,11). The minimum Gasteiger partial charge on any atom is -0.508 e. The summed E-state index contributed by atoms with van der Waals surface area (Å²) in [5, 5.41) is 99.7. The van der Waals surface area contributed by atoms with Gasteiger partial charge in [-0.25, -0.2) is 23.5 Å². The quantitative estimate of drug-likeness (QED) is 0.0238. The Bertz CT molecular complexity index is 3560. The summed E-state index contributed by atoms with van der Waals surface area (Å²) in [6.45, 7) is 0.405. The van der Waals surface area contributed by atoms with Crippen LogP contribution in [0.1, 0.15) is 38.5 Å². The van der Waals surface area contributed by atoms with Crippen molar-refractivity contribution in [3.8, 4) is 5.75 Å². The molecule has 0 aliphatic heterocycles. The summed E-state index contributed by atoms with van der Waals surface area (Å²) < 4.78 is 18.3. The molecule has 0 aliphatic rings. The first-order chi connectivity index (χ1) is 36.9. The Morgan fingerprint density at radius 1 is 0.447 bits per heavy atom. The second kappa shape index (κ2) is 27.2. The van der Waals surface area contributed by atoms with E-state index in [9.17, 15) is 45.6 Å². The Morgan fingerprint density at radius 2 is 0.803 bits per heavy atom. The lowest BCUT2D eigenvalue weighted by Gasteiger charge is -2.02. The Morgan fingerprint density at radius 3 is 1.20 bits per heavy atom. The number of aliphatic hydroxyl groups excluding tert-OH is 2. The number of aromatic amines is 1. The van der Waals surface area contributed by atoms with E-state index in [0.717, 1.165) is 64.7 Å². The van der Waals surface area contributed by atoms with Gasteiger partial charge < -0.3 is 20.3 Å². The van der Waals surface area contributed by atoms with Gasteiger partial charge in [0.1, 0.15) is 5.75 Å². The first-order valence-electron chi connectivity index (χ1n) is 22.1. The molecule has 76 heavy (non-hydrogen) atoms. The molecule has 5 aromatic carbocycles. The molecular formula is C43H38N14O15S4. The third kappa shape index (κ3) is 14.3. The number of nitrogens with zero attached hydrogens (tertiary/aromatic N) is 13. The molecule has 4 N–H and O–H groups in total. The van der Waals surface area contributed by atoms with E-state index in [1.165, 1.54) is 59.6 Å². The lowest BCUT2D eigenvalue weighted by Crippen LogP contribution is -1.91. The van der Waals surface area contributed by atoms with Crippen LogP contribution in [-0.2, 0) is 0 Å². The molecule has 0 saturated carbocycles. The van der Waals surface area contributed by atoms with Gasteiger partial charge in [0, 0.05) is 74.4 Å². The van der Waals surface area contributed by atoms with Crippen LogP contribution in [0.4, 0.5) is 22.7 Å². The number of hydrogen-bond donors (Lipinski definition) is 4. The number of fused-ring (bicyclic) bond motifs is 4. The predicted molar refractivity (Wildman–Crippen MR) is 272 cm³/mol. The number of nitro groups is 4. The number of aliphatic hydroxyl groups is 2. The number of phenols is 1. The van der Waals surface area contributed by atoms with Crippen LogP contribution >= 0.6 is 47.0 Å². The van der Waals surface area contributed by atoms with Gasteiger partial charge in [0.15, 0.2) is 27.2 Å². The molecule has 0 bridgehead atoms. The monoisotopic (exact) mass is 1120 g/mol. The van der Waals surface area contributed by atoms with Crippen LogP contribution in [0.2, 0.25) is 0 Å². The summed E-state index contributed by atoms with van der Waals surface area (Å²) in [4.78, 5) is 52.1. The number of rotatable bonds is 20. The van der Waals surface area contributed by atoms with Gasteiger partial charge in [0.05, 0.1) is 19.7 Å². The summed E-state index contributed by atoms with van der Waals surface area (Å²) in [6.07, 6.45) is 8.83. The fourth-order valence-corrected chi connectivity index (χ4v) is 10.2. The van der Waals surface area contributed by atoms with Crippen molar-refractivity contribution in [3.05, 3.63) is 126 Å². The molecule has 0 atom stereocenters. The summed E-state index contributed by atoms with van der Waals surface area (Å²) in [5.74, 6) is 1.87. The molecule has 10 aromatic rings. The molecule has 0 unspecified atom stereocenters. The number of benzene rings is 5. The molecule has 394 valence electrons. The number of unbranched alkanes of at least 4 members (excludes halogenated alkanes) is 4. The summed E-state index contributed by atoms with van der Waals surface area (Å²) in [7, 11) is 0. The molecule has 29 nitrogen and oxygen atoms in total. The Hall–Kier alpha value is -8.37. The van der Waals surface area contributed by atoms with E-state index in [1.54, 1.807) is 72.7 Å². The molecule has 0 fully saturated rings. The normalized spacial score (nSPS) is 10.9. The molecule has 0 radical (unpaired) electrons. The number of aromatic nitrogens is 10. The number of nitrogens with one attached hydrogen (secondary N) is 1. The van der Waals surface area contributed by atoms with Crippen molar-refractivity contribution in [2.45, 2.75) is 68.2 Å². The van der Waals surface area contributed by atoms with Crippen LogP contribution in [-0.4, -0.2) is 111 Å². The van der Waals surface area contributed by atoms with Crippen LogP contribution in [0.15, 0.2) is 133 Å². The van der Waals surface area contributed by atoms with Crippen LogP contribution in [0.25, 0.3) is 44.1 Å². The number of hydrogen-bond acceptors (Lipinski definition) is 28. The molecule has 5 aromatic heterocycles. The molecular weight excluding hydrogens is 1080 g/mol. The third-order valence-electron chi connectivity index (χ3n) is 10.1. The first-order valence-corrected chi connectivity index (χ1v) is 25.7. The van der Waals surface area contributed by atoms with Gasteiger partial charge in [-0.1, -0.05) is 24.6 Å². The second-order valence-corrected chi connectivity index (χ2v) is 19.5. The van der Waals surface area contributed by atoms with Crippen LogP contribution in [0.3, 0.4) is 0 Å². The third-order valence-corrected chi connectivity index (χ3v) is 14.4. The van der Waals surface area contributed by atoms with Crippen LogP contribution < -0.4 is 0 Å². The molecule has 5 heterocycles. The number of non-ortho nitro benzene ring substituents is 4. The van der Waals surface area contributed by atoms with Crippen molar-refractivity contribution >= 4 is 114 Å². The fourth-order valence-electron chi connectivity index (χ4n) is 6.51. The zero-order valence-corrected chi connectivity index (χ0v) is 42.1. The highest BCUT2D eigenvalue weighted by atomic mass is 32.2. The van der Waals surface area contributed by atoms with Gasteiger partial charge in [-0.2, -0.15) is 0 Å². The van der Waals surface area contributed by atoms with Gasteiger partial charge in [0.25, 0.3) is 0 Å². The van der Waals surface area contributed by atoms with Crippen molar-refractivity contribution in [3.63, 3.8) is 0 Å². The molecule has 0 saturated heterocycles. The minimum absolute atomic E-state index is 0.0893. The number of nitro benzene ring substituents is 4. The maximum Gasteiger partial charge on any atom is 0.300 e. The number of aromatic hydroxyl groups is 1. The Labute approximate surface area is 441 Å². The van der Waals surface area contributed by atoms with E-state index in [-0.39, 0.29) is 63.8 Å². The highest BCUT2D eigenvalue weighted by Crippen LogP contribution is 2.38. The van der Waals surface area contributed by atoms with E-state index in [0.29, 0.717) is 37.0 Å². The zero-order chi connectivity index (χ0) is 54.0. The van der Waals surface area contributed by atoms with Gasteiger partial charge in [0.2, 0.25) is 22.1 Å². The summed E-state index contributed by atoms with van der Waals surface area (Å²) >= 11 is 5.76. The maximum absolute atomic E-state index is 10.9. The lowest BCUT2D eigenvalue weighted by atomic mass is 10.2. The number of thioether (sulfide) groups is 2. The molecule has 0 amide bonds. The number of imidazole rings is 1. The Balaban J connectivity index is 0.000000148. The minimum atomic E-state index is -0.526. The lowest BCUT2D eigenvalue weighted by molar-refractivity contribution is -0.383. The number of phenolic OH excluding ortho intramolecular Hbond substituents is 1. The van der Waals surface area contributed by atoms with Gasteiger partial charge in [-0.15, -0.1) is 23.5 Å². The molecule has 0 aliphatic carbocycles. The zero-order valence-electron chi connectivity index (χ0n) is 38.8. The van der Waals surface area contributed by atoms with Gasteiger partial charge >= 0.3 is 22.7 Å². The van der Waals surface area contributed by atoms with Crippen molar-refractivity contribution in [2.24, 2.45) is 0 Å². The second-order valence-electron chi connectivity index (χ2n) is 15.1. The summed E-state index contributed by atoms with van der Waals surface area (Å²) in [6, 6.07) is 18.7.